The molecule has 1 aromatic rings. The SMILES string of the molecule is N#Cc1cc(C(=O)OC2C(=O)N3CC4CCCN5CCCC(C45)C3CC2O)ccc1F. The number of hydrogen-bond donors (Lipinski definition) is 1. The Labute approximate surface area is 180 Å². The predicted octanol–water partition coefficient (Wildman–Crippen LogP) is 1.69. The van der Waals surface area contributed by atoms with Crippen LogP contribution in [0.5, 0.6) is 0 Å². The van der Waals surface area contributed by atoms with Gasteiger partial charge in [-0.2, -0.15) is 5.26 Å². The van der Waals surface area contributed by atoms with E-state index in [9.17, 15) is 19.1 Å². The minimum absolute atomic E-state index is 0.0195. The van der Waals surface area contributed by atoms with Gasteiger partial charge in [0.1, 0.15) is 18.0 Å². The third kappa shape index (κ3) is 3.40. The Balaban J connectivity index is 1.35. The lowest BCUT2D eigenvalue weighted by Gasteiger charge is -2.59. The number of amides is 1. The molecule has 0 spiro atoms. The minimum Gasteiger partial charge on any atom is -0.446 e. The van der Waals surface area contributed by atoms with Crippen molar-refractivity contribution in [1.29, 1.82) is 5.26 Å². The number of piperidine rings is 4. The molecule has 0 saturated carbocycles. The van der Waals surface area contributed by atoms with Crippen molar-refractivity contribution in [2.24, 2.45) is 11.8 Å². The van der Waals surface area contributed by atoms with Crippen LogP contribution in [-0.4, -0.2) is 70.7 Å². The minimum atomic E-state index is -1.28. The highest BCUT2D eigenvalue weighted by Gasteiger charge is 2.54. The van der Waals surface area contributed by atoms with E-state index >= 15 is 0 Å². The van der Waals surface area contributed by atoms with E-state index in [-0.39, 0.29) is 23.1 Å². The highest BCUT2D eigenvalue weighted by atomic mass is 19.1. The van der Waals surface area contributed by atoms with E-state index in [0.717, 1.165) is 50.9 Å². The molecule has 4 aliphatic rings. The summed E-state index contributed by atoms with van der Waals surface area (Å²) in [4.78, 5) is 30.3. The summed E-state index contributed by atoms with van der Waals surface area (Å²) in [5, 5.41) is 19.7. The van der Waals surface area contributed by atoms with Crippen LogP contribution in [0.25, 0.3) is 0 Å². The molecule has 8 heteroatoms. The summed E-state index contributed by atoms with van der Waals surface area (Å²) < 4.78 is 19.0. The van der Waals surface area contributed by atoms with E-state index in [1.54, 1.807) is 6.07 Å². The topological polar surface area (TPSA) is 93.9 Å². The first-order valence-corrected chi connectivity index (χ1v) is 11.1. The van der Waals surface area contributed by atoms with E-state index in [4.69, 9.17) is 10.00 Å². The molecule has 4 heterocycles. The first-order chi connectivity index (χ1) is 15.0. The van der Waals surface area contributed by atoms with Crippen LogP contribution in [0.15, 0.2) is 18.2 Å². The Morgan fingerprint density at radius 2 is 2.03 bits per heavy atom. The third-order valence-electron chi connectivity index (χ3n) is 7.59. The fraction of sp³-hybridized carbons (Fsp3) is 0.609. The van der Waals surface area contributed by atoms with Gasteiger partial charge in [0.15, 0.2) is 0 Å². The van der Waals surface area contributed by atoms with Crippen molar-refractivity contribution in [2.45, 2.75) is 56.4 Å². The second-order valence-electron chi connectivity index (χ2n) is 9.23. The van der Waals surface area contributed by atoms with Gasteiger partial charge in [0.25, 0.3) is 5.91 Å². The van der Waals surface area contributed by atoms with Crippen LogP contribution in [0.4, 0.5) is 4.39 Å². The fourth-order valence-electron chi connectivity index (χ4n) is 6.30. The number of esters is 1. The van der Waals surface area contributed by atoms with Gasteiger partial charge in [-0.25, -0.2) is 9.18 Å². The molecule has 1 aromatic carbocycles. The molecule has 31 heavy (non-hydrogen) atoms. The second kappa shape index (κ2) is 7.88. The van der Waals surface area contributed by atoms with Crippen LogP contribution in [0.1, 0.15) is 48.0 Å². The molecule has 6 atom stereocenters. The van der Waals surface area contributed by atoms with Gasteiger partial charge in [-0.3, -0.25) is 9.69 Å². The Morgan fingerprint density at radius 1 is 1.26 bits per heavy atom. The molecule has 6 unspecified atom stereocenters. The summed E-state index contributed by atoms with van der Waals surface area (Å²) in [5.74, 6) is -1.16. The number of carbonyl (C=O) groups excluding carboxylic acids is 2. The number of benzene rings is 1. The maximum absolute atomic E-state index is 13.6. The lowest BCUT2D eigenvalue weighted by atomic mass is 9.67. The number of nitrogens with zero attached hydrogens (tertiary/aromatic N) is 3. The predicted molar refractivity (Wildman–Crippen MR) is 107 cm³/mol. The molecule has 0 aliphatic carbocycles. The molecule has 0 radical (unpaired) electrons. The van der Waals surface area contributed by atoms with Gasteiger partial charge in [0, 0.05) is 18.6 Å². The Kier molecular flexibility index (Phi) is 5.19. The number of fused-ring (bicyclic) bond motifs is 2. The van der Waals surface area contributed by atoms with Crippen LogP contribution in [-0.2, 0) is 9.53 Å². The first-order valence-electron chi connectivity index (χ1n) is 11.1. The average Bonchev–Trinajstić information content (AvgIpc) is 2.78. The van der Waals surface area contributed by atoms with Gasteiger partial charge < -0.3 is 14.7 Å². The molecular weight excluding hydrogens is 401 g/mol. The van der Waals surface area contributed by atoms with Gasteiger partial charge >= 0.3 is 5.97 Å². The van der Waals surface area contributed by atoms with E-state index in [1.165, 1.54) is 6.07 Å². The molecule has 4 aliphatic heterocycles. The zero-order valence-electron chi connectivity index (χ0n) is 17.2. The number of rotatable bonds is 2. The zero-order valence-corrected chi connectivity index (χ0v) is 17.2. The number of nitriles is 1. The van der Waals surface area contributed by atoms with E-state index in [2.05, 4.69) is 4.90 Å². The molecule has 0 aromatic heterocycles. The smallest absolute Gasteiger partial charge is 0.339 e. The quantitative estimate of drug-likeness (QED) is 0.722. The van der Waals surface area contributed by atoms with E-state index in [0.29, 0.717) is 30.8 Å². The fourth-order valence-corrected chi connectivity index (χ4v) is 6.30. The normalized spacial score (nSPS) is 35.0. The van der Waals surface area contributed by atoms with Gasteiger partial charge in [-0.05, 0) is 75.2 Å². The Bertz CT molecular complexity index is 945. The van der Waals surface area contributed by atoms with Gasteiger partial charge in [0.2, 0.25) is 6.10 Å². The van der Waals surface area contributed by atoms with Crippen molar-refractivity contribution in [2.75, 3.05) is 19.6 Å². The molecule has 4 fully saturated rings. The monoisotopic (exact) mass is 427 g/mol. The van der Waals surface area contributed by atoms with E-state index in [1.807, 2.05) is 4.90 Å². The van der Waals surface area contributed by atoms with Crippen molar-refractivity contribution in [3.8, 4) is 6.07 Å². The maximum atomic E-state index is 13.6. The maximum Gasteiger partial charge on any atom is 0.339 e. The van der Waals surface area contributed by atoms with Crippen LogP contribution in [0.2, 0.25) is 0 Å². The molecule has 1 amide bonds. The van der Waals surface area contributed by atoms with Crippen LogP contribution in [0, 0.1) is 29.0 Å². The van der Waals surface area contributed by atoms with Crippen molar-refractivity contribution in [1.82, 2.24) is 9.80 Å². The summed E-state index contributed by atoms with van der Waals surface area (Å²) in [6, 6.07) is 5.47. The Hall–Kier alpha value is -2.50. The number of ether oxygens (including phenoxy) is 1. The highest BCUT2D eigenvalue weighted by Crippen LogP contribution is 2.45. The zero-order chi connectivity index (χ0) is 21.7. The molecule has 164 valence electrons. The molecule has 1 N–H and O–H groups in total. The van der Waals surface area contributed by atoms with Gasteiger partial charge in [0.05, 0.1) is 11.1 Å². The summed E-state index contributed by atoms with van der Waals surface area (Å²) in [6.07, 6.45) is 2.41. The van der Waals surface area contributed by atoms with Crippen LogP contribution < -0.4 is 0 Å². The number of carbonyl (C=O) groups is 2. The highest BCUT2D eigenvalue weighted by molar-refractivity contribution is 5.93. The van der Waals surface area contributed by atoms with E-state index < -0.39 is 24.0 Å². The second-order valence-corrected chi connectivity index (χ2v) is 9.23. The number of aliphatic hydroxyl groups excluding tert-OH is 1. The molecule has 0 bridgehead atoms. The third-order valence-corrected chi connectivity index (χ3v) is 7.59. The van der Waals surface area contributed by atoms with Crippen molar-refractivity contribution in [3.05, 3.63) is 35.1 Å². The van der Waals surface area contributed by atoms with Gasteiger partial charge in [-0.1, -0.05) is 0 Å². The summed E-state index contributed by atoms with van der Waals surface area (Å²) >= 11 is 0. The standard InChI is InChI=1S/C23H26FN3O4/c24-17-6-5-13(9-15(17)11-25)23(30)31-21-19(28)10-18-16-4-2-8-26-7-1-3-14(20(16)26)12-27(18)22(21)29/h5-6,9,14,16,18-21,28H,1-4,7-8,10,12H2. The van der Waals surface area contributed by atoms with Crippen molar-refractivity contribution < 1.29 is 23.8 Å². The summed E-state index contributed by atoms with van der Waals surface area (Å²) in [5.41, 5.74) is -0.291. The molecule has 4 saturated heterocycles. The van der Waals surface area contributed by atoms with Crippen LogP contribution >= 0.6 is 0 Å². The molecule has 7 nitrogen and oxygen atoms in total. The Morgan fingerprint density at radius 3 is 2.81 bits per heavy atom. The summed E-state index contributed by atoms with van der Waals surface area (Å²) in [7, 11) is 0. The largest absolute Gasteiger partial charge is 0.446 e. The van der Waals surface area contributed by atoms with Gasteiger partial charge in [-0.15, -0.1) is 0 Å². The first kappa shape index (κ1) is 20.4. The number of aliphatic hydroxyl groups is 1. The lowest BCUT2D eigenvalue weighted by molar-refractivity contribution is -0.175. The molecular formula is C23H26FN3O4. The average molecular weight is 427 g/mol. The number of hydrogen-bond acceptors (Lipinski definition) is 6. The number of halogens is 1. The van der Waals surface area contributed by atoms with Crippen LogP contribution in [0.3, 0.4) is 0 Å². The van der Waals surface area contributed by atoms with Crippen molar-refractivity contribution in [3.63, 3.8) is 0 Å². The van der Waals surface area contributed by atoms with Crippen molar-refractivity contribution >= 4 is 11.9 Å². The lowest BCUT2D eigenvalue weighted by Crippen LogP contribution is -2.70. The summed E-state index contributed by atoms with van der Waals surface area (Å²) in [6.45, 7) is 2.87. The molecule has 5 rings (SSSR count).